The summed E-state index contributed by atoms with van der Waals surface area (Å²) in [7, 11) is 0. The predicted molar refractivity (Wildman–Crippen MR) is 72.2 cm³/mol. The first-order valence-electron chi connectivity index (χ1n) is 5.87. The van der Waals surface area contributed by atoms with Gasteiger partial charge in [0.2, 0.25) is 0 Å². The maximum Gasteiger partial charge on any atom is 0.255 e. The Bertz CT molecular complexity index is 433. The first kappa shape index (κ1) is 12.6. The molecule has 1 aliphatic heterocycles. The van der Waals surface area contributed by atoms with E-state index in [2.05, 4.69) is 28.2 Å². The molecule has 1 fully saturated rings. The van der Waals surface area contributed by atoms with Crippen molar-refractivity contribution in [3.63, 3.8) is 0 Å². The molecule has 0 radical (unpaired) electrons. The van der Waals surface area contributed by atoms with E-state index in [0.29, 0.717) is 6.04 Å². The van der Waals surface area contributed by atoms with Gasteiger partial charge in [0.15, 0.2) is 0 Å². The van der Waals surface area contributed by atoms with Crippen molar-refractivity contribution in [3.8, 4) is 0 Å². The summed E-state index contributed by atoms with van der Waals surface area (Å²) < 4.78 is 0.913. The van der Waals surface area contributed by atoms with Crippen molar-refractivity contribution in [1.29, 1.82) is 0 Å². The second-order valence-corrected chi connectivity index (χ2v) is 5.34. The molecule has 2 rings (SSSR count). The molecule has 3 nitrogen and oxygen atoms in total. The van der Waals surface area contributed by atoms with E-state index in [1.54, 1.807) is 0 Å². The van der Waals surface area contributed by atoms with Crippen molar-refractivity contribution in [2.75, 3.05) is 19.6 Å². The molecule has 1 amide bonds. The Morgan fingerprint density at radius 1 is 1.53 bits per heavy atom. The minimum absolute atomic E-state index is 0.119. The molecule has 0 aromatic heterocycles. The molecule has 1 aromatic rings. The number of aryl methyl sites for hydroxylation is 1. The lowest BCUT2D eigenvalue weighted by atomic mass is 10.1. The van der Waals surface area contributed by atoms with Gasteiger partial charge in [0.25, 0.3) is 5.91 Å². The van der Waals surface area contributed by atoms with Crippen molar-refractivity contribution in [1.82, 2.24) is 10.2 Å². The summed E-state index contributed by atoms with van der Waals surface area (Å²) in [6.07, 6.45) is 0. The molecule has 0 spiro atoms. The summed E-state index contributed by atoms with van der Waals surface area (Å²) in [6, 6.07) is 6.18. The lowest BCUT2D eigenvalue weighted by Gasteiger charge is -2.32. The monoisotopic (exact) mass is 296 g/mol. The van der Waals surface area contributed by atoms with Crippen molar-refractivity contribution < 1.29 is 4.79 Å². The highest BCUT2D eigenvalue weighted by molar-refractivity contribution is 9.10. The van der Waals surface area contributed by atoms with E-state index in [1.165, 1.54) is 0 Å². The number of carbonyl (C=O) groups excluding carboxylic acids is 1. The van der Waals surface area contributed by atoms with E-state index in [0.717, 1.165) is 35.2 Å². The van der Waals surface area contributed by atoms with Gasteiger partial charge >= 0.3 is 0 Å². The van der Waals surface area contributed by atoms with Crippen LogP contribution in [0.2, 0.25) is 0 Å². The molecule has 1 aliphatic rings. The Labute approximate surface area is 110 Å². The number of rotatable bonds is 1. The Hall–Kier alpha value is -0.870. The highest BCUT2D eigenvalue weighted by Gasteiger charge is 2.23. The molecule has 1 atom stereocenters. The Balaban J connectivity index is 2.22. The van der Waals surface area contributed by atoms with Gasteiger partial charge in [-0.15, -0.1) is 0 Å². The summed E-state index contributed by atoms with van der Waals surface area (Å²) in [4.78, 5) is 14.3. The number of hydrogen-bond acceptors (Lipinski definition) is 2. The Morgan fingerprint density at radius 2 is 2.29 bits per heavy atom. The first-order chi connectivity index (χ1) is 8.09. The maximum atomic E-state index is 12.4. The highest BCUT2D eigenvalue weighted by atomic mass is 79.9. The van der Waals surface area contributed by atoms with Crippen LogP contribution in [0.3, 0.4) is 0 Å². The minimum Gasteiger partial charge on any atom is -0.336 e. The summed E-state index contributed by atoms with van der Waals surface area (Å²) in [5, 5.41) is 3.34. The minimum atomic E-state index is 0.119. The van der Waals surface area contributed by atoms with Gasteiger partial charge in [0.1, 0.15) is 0 Å². The van der Waals surface area contributed by atoms with E-state index < -0.39 is 0 Å². The number of benzene rings is 1. The summed E-state index contributed by atoms with van der Waals surface area (Å²) in [6.45, 7) is 6.53. The molecule has 1 heterocycles. The molecule has 17 heavy (non-hydrogen) atoms. The second-order valence-electron chi connectivity index (χ2n) is 4.54. The van der Waals surface area contributed by atoms with Gasteiger partial charge in [-0.05, 0) is 41.4 Å². The van der Waals surface area contributed by atoms with Crippen LogP contribution in [-0.4, -0.2) is 36.5 Å². The molecule has 4 heteroatoms. The normalized spacial score (nSPS) is 20.4. The van der Waals surface area contributed by atoms with Crippen LogP contribution in [-0.2, 0) is 0 Å². The summed E-state index contributed by atoms with van der Waals surface area (Å²) >= 11 is 3.50. The van der Waals surface area contributed by atoms with Crippen LogP contribution in [0, 0.1) is 6.92 Å². The number of carbonyl (C=O) groups is 1. The third-order valence-electron chi connectivity index (χ3n) is 3.08. The van der Waals surface area contributed by atoms with Gasteiger partial charge in [-0.25, -0.2) is 0 Å². The van der Waals surface area contributed by atoms with Crippen LogP contribution in [0.15, 0.2) is 22.7 Å². The fraction of sp³-hybridized carbons (Fsp3) is 0.462. The number of halogens is 1. The average molecular weight is 297 g/mol. The third kappa shape index (κ3) is 2.69. The van der Waals surface area contributed by atoms with Crippen molar-refractivity contribution in [2.24, 2.45) is 0 Å². The highest BCUT2D eigenvalue weighted by Crippen LogP contribution is 2.22. The van der Waals surface area contributed by atoms with Crippen LogP contribution in [0.25, 0.3) is 0 Å². The van der Waals surface area contributed by atoms with Crippen LogP contribution in [0.4, 0.5) is 0 Å². The van der Waals surface area contributed by atoms with E-state index in [9.17, 15) is 4.79 Å². The zero-order valence-electron chi connectivity index (χ0n) is 10.2. The zero-order chi connectivity index (χ0) is 12.4. The number of nitrogens with zero attached hydrogens (tertiary/aromatic N) is 1. The fourth-order valence-electron chi connectivity index (χ4n) is 2.10. The van der Waals surface area contributed by atoms with Gasteiger partial charge in [0, 0.05) is 30.1 Å². The lowest BCUT2D eigenvalue weighted by Crippen LogP contribution is -2.51. The van der Waals surface area contributed by atoms with E-state index in [1.807, 2.05) is 30.0 Å². The summed E-state index contributed by atoms with van der Waals surface area (Å²) in [5.74, 6) is 0.119. The van der Waals surface area contributed by atoms with Gasteiger partial charge in [-0.2, -0.15) is 0 Å². The maximum absolute atomic E-state index is 12.4. The topological polar surface area (TPSA) is 32.3 Å². The predicted octanol–water partition coefficient (Wildman–Crippen LogP) is 2.19. The molecule has 0 bridgehead atoms. The average Bonchev–Trinajstić information content (AvgIpc) is 2.32. The van der Waals surface area contributed by atoms with Crippen LogP contribution in [0.5, 0.6) is 0 Å². The molecule has 92 valence electrons. The first-order valence-corrected chi connectivity index (χ1v) is 6.66. The number of amides is 1. The Morgan fingerprint density at radius 3 is 3.00 bits per heavy atom. The molecule has 1 saturated heterocycles. The third-order valence-corrected chi connectivity index (χ3v) is 4.13. The van der Waals surface area contributed by atoms with Crippen molar-refractivity contribution in [2.45, 2.75) is 19.9 Å². The number of piperazine rings is 1. The van der Waals surface area contributed by atoms with Gasteiger partial charge < -0.3 is 10.2 Å². The molecular weight excluding hydrogens is 280 g/mol. The smallest absolute Gasteiger partial charge is 0.255 e. The summed E-state index contributed by atoms with van der Waals surface area (Å²) in [5.41, 5.74) is 1.86. The van der Waals surface area contributed by atoms with E-state index in [4.69, 9.17) is 0 Å². The van der Waals surface area contributed by atoms with E-state index in [-0.39, 0.29) is 5.91 Å². The van der Waals surface area contributed by atoms with Gasteiger partial charge in [-0.1, -0.05) is 12.1 Å². The largest absolute Gasteiger partial charge is 0.336 e. The zero-order valence-corrected chi connectivity index (χ0v) is 11.8. The standard InChI is InChI=1S/C13H17BrN2O/c1-9-4-3-5-11(12(9)14)13(17)16-7-6-15-10(2)8-16/h3-5,10,15H,6-8H2,1-2H3/t10-/m1/s1. The van der Waals surface area contributed by atoms with Crippen LogP contribution < -0.4 is 5.32 Å². The number of hydrogen-bond donors (Lipinski definition) is 1. The van der Waals surface area contributed by atoms with Crippen LogP contribution in [0.1, 0.15) is 22.8 Å². The lowest BCUT2D eigenvalue weighted by molar-refractivity contribution is 0.0708. The number of nitrogens with one attached hydrogen (secondary N) is 1. The molecule has 0 saturated carbocycles. The van der Waals surface area contributed by atoms with Gasteiger partial charge in [-0.3, -0.25) is 4.79 Å². The Kier molecular flexibility index (Phi) is 3.84. The molecule has 1 aromatic carbocycles. The second kappa shape index (κ2) is 5.19. The van der Waals surface area contributed by atoms with Crippen molar-refractivity contribution in [3.05, 3.63) is 33.8 Å². The molecule has 1 N–H and O–H groups in total. The SMILES string of the molecule is Cc1cccc(C(=O)N2CCN[C@H](C)C2)c1Br. The van der Waals surface area contributed by atoms with Gasteiger partial charge in [0.05, 0.1) is 5.56 Å². The van der Waals surface area contributed by atoms with Crippen molar-refractivity contribution >= 4 is 21.8 Å². The molecule has 0 unspecified atom stereocenters. The molecular formula is C13H17BrN2O. The quantitative estimate of drug-likeness (QED) is 0.862. The van der Waals surface area contributed by atoms with E-state index >= 15 is 0 Å². The fourth-order valence-corrected chi connectivity index (χ4v) is 2.53. The molecule has 0 aliphatic carbocycles. The van der Waals surface area contributed by atoms with Crippen LogP contribution >= 0.6 is 15.9 Å².